The number of methoxy groups -OCH3 is 1. The van der Waals surface area contributed by atoms with E-state index in [0.29, 0.717) is 17.0 Å². The van der Waals surface area contributed by atoms with Gasteiger partial charge in [-0.3, -0.25) is 9.59 Å². The molecule has 2 unspecified atom stereocenters. The van der Waals surface area contributed by atoms with Gasteiger partial charge in [-0.05, 0) is 81.5 Å². The summed E-state index contributed by atoms with van der Waals surface area (Å²) in [6.45, 7) is 9.08. The summed E-state index contributed by atoms with van der Waals surface area (Å²) < 4.78 is 10.6. The fourth-order valence-corrected chi connectivity index (χ4v) is 4.42. The maximum absolute atomic E-state index is 14.0. The molecule has 9 heteroatoms. The van der Waals surface area contributed by atoms with E-state index >= 15 is 0 Å². The molecule has 0 aromatic heterocycles. The molecule has 0 spiro atoms. The number of nitrogens with one attached hydrogen (secondary N) is 2. The number of nitrogens with zero attached hydrogens (tertiary/aromatic N) is 1. The van der Waals surface area contributed by atoms with Gasteiger partial charge in [-0.25, -0.2) is 4.79 Å². The van der Waals surface area contributed by atoms with Crippen molar-refractivity contribution in [2.24, 2.45) is 0 Å². The molecule has 3 rings (SSSR count). The minimum Gasteiger partial charge on any atom is -0.497 e. The van der Waals surface area contributed by atoms with Crippen LogP contribution in [0.25, 0.3) is 6.08 Å². The third kappa shape index (κ3) is 7.54. The zero-order chi connectivity index (χ0) is 27.9. The van der Waals surface area contributed by atoms with Gasteiger partial charge >= 0.3 is 6.09 Å². The summed E-state index contributed by atoms with van der Waals surface area (Å²) >= 11 is 4.35. The van der Waals surface area contributed by atoms with Crippen molar-refractivity contribution in [1.29, 1.82) is 0 Å². The molecule has 1 aliphatic rings. The normalized spacial score (nSPS) is 14.9. The van der Waals surface area contributed by atoms with Crippen LogP contribution in [0.4, 0.5) is 10.5 Å². The molecular formula is C29H37N3O5S. The van der Waals surface area contributed by atoms with Crippen molar-refractivity contribution < 1.29 is 23.9 Å². The molecule has 1 aliphatic carbocycles. The van der Waals surface area contributed by atoms with E-state index in [1.54, 1.807) is 63.1 Å². The standard InChI is InChI=1S/C29H37N3O5S/c1-6-19-9-7-10-20(17-19)25(26(33)30-21-13-15-23(36-5)16-14-21)32(22-11-8-12-22)27(34)24(18-38)31-28(35)37-29(2,3)4/h6-7,9-10,13-17,22,24-25,38H,1,8,11-12,18H2,2-5H3,(H,30,33)(H,31,35). The molecule has 1 saturated carbocycles. The van der Waals surface area contributed by atoms with Gasteiger partial charge in [0.05, 0.1) is 7.11 Å². The Morgan fingerprint density at radius 1 is 1.16 bits per heavy atom. The predicted molar refractivity (Wildman–Crippen MR) is 152 cm³/mol. The number of benzene rings is 2. The van der Waals surface area contributed by atoms with Gasteiger partial charge < -0.3 is 25.0 Å². The zero-order valence-electron chi connectivity index (χ0n) is 22.4. The van der Waals surface area contributed by atoms with Crippen LogP contribution in [0.5, 0.6) is 5.75 Å². The second-order valence-corrected chi connectivity index (χ2v) is 10.6. The Labute approximate surface area is 230 Å². The fourth-order valence-electron chi connectivity index (χ4n) is 4.18. The summed E-state index contributed by atoms with van der Waals surface area (Å²) in [6, 6.07) is 12.3. The quantitative estimate of drug-likeness (QED) is 0.360. The molecule has 1 fully saturated rings. The number of carbonyl (C=O) groups is 3. The van der Waals surface area contributed by atoms with Gasteiger partial charge in [0.1, 0.15) is 23.4 Å². The van der Waals surface area contributed by atoms with Crippen LogP contribution >= 0.6 is 12.6 Å². The molecule has 204 valence electrons. The number of carbonyl (C=O) groups excluding carboxylic acids is 3. The van der Waals surface area contributed by atoms with Crippen LogP contribution in [0, 0.1) is 0 Å². The Kier molecular flexibility index (Phi) is 9.85. The van der Waals surface area contributed by atoms with E-state index in [0.717, 1.165) is 24.8 Å². The second-order valence-electron chi connectivity index (χ2n) is 10.2. The molecule has 0 heterocycles. The third-order valence-corrected chi connectivity index (χ3v) is 6.61. The average molecular weight is 540 g/mol. The van der Waals surface area contributed by atoms with Gasteiger partial charge in [-0.1, -0.05) is 30.9 Å². The van der Waals surface area contributed by atoms with E-state index in [-0.39, 0.29) is 17.7 Å². The number of ether oxygens (including phenoxy) is 2. The maximum atomic E-state index is 14.0. The largest absolute Gasteiger partial charge is 0.497 e. The van der Waals surface area contributed by atoms with E-state index < -0.39 is 29.7 Å². The first-order valence-electron chi connectivity index (χ1n) is 12.7. The van der Waals surface area contributed by atoms with Crippen molar-refractivity contribution in [3.05, 3.63) is 66.2 Å². The number of thiol groups is 1. The van der Waals surface area contributed by atoms with Crippen LogP contribution in [0.2, 0.25) is 0 Å². The summed E-state index contributed by atoms with van der Waals surface area (Å²) in [4.78, 5) is 42.0. The van der Waals surface area contributed by atoms with E-state index in [9.17, 15) is 14.4 Å². The average Bonchev–Trinajstić information content (AvgIpc) is 2.85. The molecular weight excluding hydrogens is 502 g/mol. The molecule has 2 aromatic rings. The second kappa shape index (κ2) is 12.9. The van der Waals surface area contributed by atoms with Crippen molar-refractivity contribution in [1.82, 2.24) is 10.2 Å². The lowest BCUT2D eigenvalue weighted by molar-refractivity contribution is -0.145. The summed E-state index contributed by atoms with van der Waals surface area (Å²) in [7, 11) is 1.57. The van der Waals surface area contributed by atoms with Crippen LogP contribution < -0.4 is 15.4 Å². The van der Waals surface area contributed by atoms with Gasteiger partial charge in [0.15, 0.2) is 0 Å². The topological polar surface area (TPSA) is 97.0 Å². The summed E-state index contributed by atoms with van der Waals surface area (Å²) in [5.41, 5.74) is 1.31. The highest BCUT2D eigenvalue weighted by molar-refractivity contribution is 7.80. The van der Waals surface area contributed by atoms with Crippen molar-refractivity contribution in [3.8, 4) is 5.75 Å². The highest BCUT2D eigenvalue weighted by Crippen LogP contribution is 2.35. The van der Waals surface area contributed by atoms with E-state index in [2.05, 4.69) is 29.8 Å². The Hall–Kier alpha value is -3.46. The minimum atomic E-state index is -0.979. The number of hydrogen-bond acceptors (Lipinski definition) is 6. The summed E-state index contributed by atoms with van der Waals surface area (Å²) in [5.74, 6) is -0.0588. The predicted octanol–water partition coefficient (Wildman–Crippen LogP) is 5.22. The lowest BCUT2D eigenvalue weighted by Gasteiger charge is -2.43. The van der Waals surface area contributed by atoms with Crippen molar-refractivity contribution in [3.63, 3.8) is 0 Å². The zero-order valence-corrected chi connectivity index (χ0v) is 23.3. The van der Waals surface area contributed by atoms with Gasteiger partial charge in [-0.15, -0.1) is 0 Å². The van der Waals surface area contributed by atoms with Crippen LogP contribution in [0.15, 0.2) is 55.1 Å². The molecule has 8 nitrogen and oxygen atoms in total. The molecule has 2 aromatic carbocycles. The van der Waals surface area contributed by atoms with Gasteiger partial charge in [0.2, 0.25) is 5.91 Å². The third-order valence-electron chi connectivity index (χ3n) is 6.24. The van der Waals surface area contributed by atoms with E-state index in [1.165, 1.54) is 0 Å². The maximum Gasteiger partial charge on any atom is 0.408 e. The van der Waals surface area contributed by atoms with Crippen LogP contribution in [0.1, 0.15) is 57.2 Å². The molecule has 2 atom stereocenters. The van der Waals surface area contributed by atoms with Crippen LogP contribution in [0.3, 0.4) is 0 Å². The first-order valence-corrected chi connectivity index (χ1v) is 13.3. The summed E-state index contributed by atoms with van der Waals surface area (Å²) in [5, 5.41) is 5.60. The van der Waals surface area contributed by atoms with Crippen LogP contribution in [-0.2, 0) is 14.3 Å². The fraction of sp³-hybridized carbons (Fsp3) is 0.414. The Morgan fingerprint density at radius 3 is 2.37 bits per heavy atom. The first kappa shape index (κ1) is 29.1. The SMILES string of the molecule is C=Cc1cccc(C(C(=O)Nc2ccc(OC)cc2)N(C(=O)C(CS)NC(=O)OC(C)(C)C)C2CCC2)c1. The van der Waals surface area contributed by atoms with Gasteiger partial charge in [0.25, 0.3) is 5.91 Å². The summed E-state index contributed by atoms with van der Waals surface area (Å²) in [6.07, 6.45) is 3.43. The number of rotatable bonds is 10. The van der Waals surface area contributed by atoms with Crippen molar-refractivity contribution >= 4 is 42.3 Å². The molecule has 38 heavy (non-hydrogen) atoms. The minimum absolute atomic E-state index is 0.0425. The number of alkyl carbamates (subject to hydrolysis) is 1. The van der Waals surface area contributed by atoms with E-state index in [4.69, 9.17) is 9.47 Å². The molecule has 0 saturated heterocycles. The number of anilines is 1. The molecule has 2 N–H and O–H groups in total. The number of hydrogen-bond donors (Lipinski definition) is 3. The lowest BCUT2D eigenvalue weighted by atomic mass is 9.88. The Balaban J connectivity index is 1.99. The Bertz CT molecular complexity index is 1140. The lowest BCUT2D eigenvalue weighted by Crippen LogP contribution is -2.57. The highest BCUT2D eigenvalue weighted by Gasteiger charge is 2.41. The molecule has 3 amide bonds. The van der Waals surface area contributed by atoms with Crippen molar-refractivity contribution in [2.45, 2.75) is 63.8 Å². The van der Waals surface area contributed by atoms with E-state index in [1.807, 2.05) is 24.3 Å². The Morgan fingerprint density at radius 2 is 1.84 bits per heavy atom. The first-order chi connectivity index (χ1) is 18.1. The molecule has 0 radical (unpaired) electrons. The van der Waals surface area contributed by atoms with Crippen molar-refractivity contribution in [2.75, 3.05) is 18.2 Å². The monoisotopic (exact) mass is 539 g/mol. The van der Waals surface area contributed by atoms with Gasteiger partial charge in [0, 0.05) is 17.5 Å². The smallest absolute Gasteiger partial charge is 0.408 e. The van der Waals surface area contributed by atoms with Crippen LogP contribution in [-0.4, -0.2) is 53.4 Å². The van der Waals surface area contributed by atoms with Gasteiger partial charge in [-0.2, -0.15) is 12.6 Å². The number of amides is 3. The highest BCUT2D eigenvalue weighted by atomic mass is 32.1. The molecule has 0 aliphatic heterocycles. The molecule has 0 bridgehead atoms.